The minimum Gasteiger partial charge on any atom is -0.484 e. The molecule has 178 valence electrons. The lowest BCUT2D eigenvalue weighted by molar-refractivity contribution is -0.126. The van der Waals surface area contributed by atoms with Crippen LogP contribution in [0.1, 0.15) is 31.2 Å². The van der Waals surface area contributed by atoms with Gasteiger partial charge in [0.25, 0.3) is 5.91 Å². The number of alkyl halides is 2. The number of rotatable bonds is 9. The second-order valence-electron chi connectivity index (χ2n) is 7.72. The standard InChI is InChI=1S/C23H24Cl2F2N2O4/c24-19-10-9-18(11-20(19)25)32-13-21(30)29-16-5-3-15(4-6-16)22(31)28-12-14-1-7-17(8-2-14)33-23(26)27/h1-2,7-11,15-16,23H,3-6,12-13H2,(H,28,31)(H,29,30). The Kier molecular flexibility index (Phi) is 9.14. The smallest absolute Gasteiger partial charge is 0.387 e. The van der Waals surface area contributed by atoms with Gasteiger partial charge in [-0.3, -0.25) is 9.59 Å². The summed E-state index contributed by atoms with van der Waals surface area (Å²) in [4.78, 5) is 24.6. The van der Waals surface area contributed by atoms with Crippen molar-refractivity contribution in [3.05, 3.63) is 58.1 Å². The van der Waals surface area contributed by atoms with Crippen LogP contribution in [0.5, 0.6) is 11.5 Å². The number of amides is 2. The molecular weight excluding hydrogens is 477 g/mol. The number of benzene rings is 2. The van der Waals surface area contributed by atoms with Crippen molar-refractivity contribution in [2.24, 2.45) is 5.92 Å². The van der Waals surface area contributed by atoms with Crippen LogP contribution in [0.3, 0.4) is 0 Å². The van der Waals surface area contributed by atoms with E-state index in [4.69, 9.17) is 27.9 Å². The molecule has 0 spiro atoms. The number of halogens is 4. The third-order valence-corrected chi connectivity index (χ3v) is 6.08. The second-order valence-corrected chi connectivity index (χ2v) is 8.54. The fraction of sp³-hybridized carbons (Fsp3) is 0.391. The lowest BCUT2D eigenvalue weighted by Crippen LogP contribution is -2.42. The van der Waals surface area contributed by atoms with Gasteiger partial charge in [0.2, 0.25) is 5.91 Å². The maximum atomic E-state index is 12.5. The van der Waals surface area contributed by atoms with Crippen molar-refractivity contribution in [1.29, 1.82) is 0 Å². The van der Waals surface area contributed by atoms with Crippen molar-refractivity contribution in [2.45, 2.75) is 44.9 Å². The fourth-order valence-electron chi connectivity index (χ4n) is 3.61. The van der Waals surface area contributed by atoms with Gasteiger partial charge in [0.05, 0.1) is 10.0 Å². The minimum atomic E-state index is -2.87. The van der Waals surface area contributed by atoms with E-state index in [2.05, 4.69) is 15.4 Å². The van der Waals surface area contributed by atoms with Crippen LogP contribution in [-0.4, -0.2) is 31.1 Å². The molecule has 1 aliphatic rings. The molecular formula is C23H24Cl2F2N2O4. The van der Waals surface area contributed by atoms with E-state index >= 15 is 0 Å². The summed E-state index contributed by atoms with van der Waals surface area (Å²) in [7, 11) is 0. The Hall–Kier alpha value is -2.58. The number of hydrogen-bond donors (Lipinski definition) is 2. The number of carbonyl (C=O) groups excluding carboxylic acids is 2. The van der Waals surface area contributed by atoms with E-state index in [1.54, 1.807) is 30.3 Å². The van der Waals surface area contributed by atoms with Gasteiger partial charge in [0, 0.05) is 24.6 Å². The van der Waals surface area contributed by atoms with Crippen molar-refractivity contribution in [1.82, 2.24) is 10.6 Å². The first-order valence-corrected chi connectivity index (χ1v) is 11.2. The molecule has 1 fully saturated rings. The van der Waals surface area contributed by atoms with Gasteiger partial charge in [0.15, 0.2) is 6.61 Å². The van der Waals surface area contributed by atoms with E-state index in [-0.39, 0.29) is 36.1 Å². The van der Waals surface area contributed by atoms with Crippen molar-refractivity contribution >= 4 is 35.0 Å². The molecule has 0 atom stereocenters. The highest BCUT2D eigenvalue weighted by Gasteiger charge is 2.27. The molecule has 2 N–H and O–H groups in total. The van der Waals surface area contributed by atoms with E-state index in [0.29, 0.717) is 48.0 Å². The Morgan fingerprint density at radius 2 is 1.64 bits per heavy atom. The predicted molar refractivity (Wildman–Crippen MR) is 121 cm³/mol. The molecule has 2 aromatic rings. The molecule has 6 nitrogen and oxygen atoms in total. The maximum absolute atomic E-state index is 12.5. The van der Waals surface area contributed by atoms with Crippen LogP contribution in [-0.2, 0) is 16.1 Å². The highest BCUT2D eigenvalue weighted by Crippen LogP contribution is 2.27. The first-order chi connectivity index (χ1) is 15.8. The number of carbonyl (C=O) groups is 2. The zero-order valence-corrected chi connectivity index (χ0v) is 19.2. The molecule has 0 bridgehead atoms. The van der Waals surface area contributed by atoms with Gasteiger partial charge in [-0.15, -0.1) is 0 Å². The first-order valence-electron chi connectivity index (χ1n) is 10.5. The van der Waals surface area contributed by atoms with Gasteiger partial charge in [-0.1, -0.05) is 35.3 Å². The average molecular weight is 501 g/mol. The topological polar surface area (TPSA) is 76.7 Å². The molecule has 33 heavy (non-hydrogen) atoms. The van der Waals surface area contributed by atoms with Crippen molar-refractivity contribution in [2.75, 3.05) is 6.61 Å². The second kappa shape index (κ2) is 12.0. The summed E-state index contributed by atoms with van der Waals surface area (Å²) in [5.41, 5.74) is 0.785. The average Bonchev–Trinajstić information content (AvgIpc) is 2.79. The normalized spacial score (nSPS) is 18.0. The monoisotopic (exact) mass is 500 g/mol. The predicted octanol–water partition coefficient (Wildman–Crippen LogP) is 4.97. The van der Waals surface area contributed by atoms with Crippen molar-refractivity contribution < 1.29 is 27.8 Å². The van der Waals surface area contributed by atoms with Crippen LogP contribution in [0.25, 0.3) is 0 Å². The molecule has 3 rings (SSSR count). The van der Waals surface area contributed by atoms with Crippen LogP contribution >= 0.6 is 23.2 Å². The summed E-state index contributed by atoms with van der Waals surface area (Å²) in [5.74, 6) is 0.0925. The van der Waals surface area contributed by atoms with Gasteiger partial charge < -0.3 is 20.1 Å². The van der Waals surface area contributed by atoms with Gasteiger partial charge in [0.1, 0.15) is 11.5 Å². The Morgan fingerprint density at radius 3 is 2.27 bits per heavy atom. The van der Waals surface area contributed by atoms with Crippen LogP contribution in [0.4, 0.5) is 8.78 Å². The van der Waals surface area contributed by atoms with E-state index in [1.807, 2.05) is 0 Å². The molecule has 1 saturated carbocycles. The molecule has 0 aliphatic heterocycles. The molecule has 2 amide bonds. The highest BCUT2D eigenvalue weighted by molar-refractivity contribution is 6.42. The van der Waals surface area contributed by atoms with Crippen LogP contribution < -0.4 is 20.1 Å². The molecule has 0 unspecified atom stereocenters. The summed E-state index contributed by atoms with van der Waals surface area (Å²) in [6, 6.07) is 10.9. The van der Waals surface area contributed by atoms with Gasteiger partial charge in [-0.05, 0) is 55.5 Å². The summed E-state index contributed by atoms with van der Waals surface area (Å²) in [6.45, 7) is -2.71. The van der Waals surface area contributed by atoms with Crippen molar-refractivity contribution in [3.8, 4) is 11.5 Å². The lowest BCUT2D eigenvalue weighted by atomic mass is 9.85. The summed E-state index contributed by atoms with van der Waals surface area (Å²) >= 11 is 11.8. The minimum absolute atomic E-state index is 0.0127. The SMILES string of the molecule is O=C(COc1ccc(Cl)c(Cl)c1)NC1CCC(C(=O)NCc2ccc(OC(F)F)cc2)CC1. The first kappa shape index (κ1) is 25.1. The molecule has 0 saturated heterocycles. The molecule has 0 aromatic heterocycles. The summed E-state index contributed by atoms with van der Waals surface area (Å²) in [6.07, 6.45) is 2.70. The zero-order chi connectivity index (χ0) is 23.8. The zero-order valence-electron chi connectivity index (χ0n) is 17.7. The van der Waals surface area contributed by atoms with Crippen LogP contribution in [0.2, 0.25) is 10.0 Å². The number of ether oxygens (including phenoxy) is 2. The Balaban J connectivity index is 1.35. The van der Waals surface area contributed by atoms with E-state index < -0.39 is 6.61 Å². The Morgan fingerprint density at radius 1 is 0.970 bits per heavy atom. The Bertz CT molecular complexity index is 952. The molecule has 1 aliphatic carbocycles. The third kappa shape index (κ3) is 8.05. The molecule has 2 aromatic carbocycles. The quantitative estimate of drug-likeness (QED) is 0.509. The number of nitrogens with one attached hydrogen (secondary N) is 2. The fourth-order valence-corrected chi connectivity index (χ4v) is 3.90. The maximum Gasteiger partial charge on any atom is 0.387 e. The summed E-state index contributed by atoms with van der Waals surface area (Å²) in [5, 5.41) is 6.57. The highest BCUT2D eigenvalue weighted by atomic mass is 35.5. The van der Waals surface area contributed by atoms with Gasteiger partial charge >= 0.3 is 6.61 Å². The van der Waals surface area contributed by atoms with Gasteiger partial charge in [-0.2, -0.15) is 8.78 Å². The molecule has 10 heteroatoms. The van der Waals surface area contributed by atoms with Crippen LogP contribution in [0.15, 0.2) is 42.5 Å². The Labute approximate surface area is 200 Å². The van der Waals surface area contributed by atoms with E-state index in [0.717, 1.165) is 5.56 Å². The summed E-state index contributed by atoms with van der Waals surface area (Å²) < 4.78 is 34.1. The third-order valence-electron chi connectivity index (χ3n) is 5.34. The lowest BCUT2D eigenvalue weighted by Gasteiger charge is -2.28. The van der Waals surface area contributed by atoms with E-state index in [1.165, 1.54) is 12.1 Å². The van der Waals surface area contributed by atoms with Crippen molar-refractivity contribution in [3.63, 3.8) is 0 Å². The van der Waals surface area contributed by atoms with E-state index in [9.17, 15) is 18.4 Å². The van der Waals surface area contributed by atoms with Crippen LogP contribution in [0, 0.1) is 5.92 Å². The molecule has 0 heterocycles. The largest absolute Gasteiger partial charge is 0.484 e. The van der Waals surface area contributed by atoms with Gasteiger partial charge in [-0.25, -0.2) is 0 Å². The number of hydrogen-bond acceptors (Lipinski definition) is 4. The molecule has 0 radical (unpaired) electrons.